The Balaban J connectivity index is 1.33. The van der Waals surface area contributed by atoms with Gasteiger partial charge in [0, 0.05) is 36.3 Å². The number of halogens is 2. The SMILES string of the molecule is O=C(Cn1cnc2c(sc3cccc(Cl)c32)c1=O)N1CCN(c2ccccc2F)CC1. The van der Waals surface area contributed by atoms with E-state index in [9.17, 15) is 14.0 Å². The topological polar surface area (TPSA) is 58.4 Å². The Morgan fingerprint density at radius 3 is 2.65 bits per heavy atom. The molecular formula is C22H18ClFN4O2S. The molecule has 0 aliphatic carbocycles. The van der Waals surface area contributed by atoms with Crippen molar-refractivity contribution in [1.82, 2.24) is 14.5 Å². The van der Waals surface area contributed by atoms with Gasteiger partial charge in [-0.05, 0) is 24.3 Å². The average Bonchev–Trinajstić information content (AvgIpc) is 3.17. The molecule has 5 rings (SSSR count). The maximum atomic E-state index is 14.0. The van der Waals surface area contributed by atoms with Crippen molar-refractivity contribution in [2.45, 2.75) is 6.54 Å². The molecule has 3 heterocycles. The highest BCUT2D eigenvalue weighted by atomic mass is 35.5. The molecule has 0 N–H and O–H groups in total. The lowest BCUT2D eigenvalue weighted by molar-refractivity contribution is -0.132. The Hall–Kier alpha value is -2.97. The molecule has 1 aliphatic heterocycles. The summed E-state index contributed by atoms with van der Waals surface area (Å²) in [6.45, 7) is 1.93. The zero-order valence-electron chi connectivity index (χ0n) is 16.4. The summed E-state index contributed by atoms with van der Waals surface area (Å²) in [5, 5.41) is 1.32. The largest absolute Gasteiger partial charge is 0.366 e. The Kier molecular flexibility index (Phi) is 5.11. The lowest BCUT2D eigenvalue weighted by atomic mass is 10.2. The fourth-order valence-electron chi connectivity index (χ4n) is 3.93. The van der Waals surface area contributed by atoms with Crippen molar-refractivity contribution in [3.8, 4) is 0 Å². The normalized spacial score (nSPS) is 14.5. The predicted molar refractivity (Wildman–Crippen MR) is 122 cm³/mol. The van der Waals surface area contributed by atoms with Crippen LogP contribution < -0.4 is 10.5 Å². The Labute approximate surface area is 186 Å². The van der Waals surface area contributed by atoms with Gasteiger partial charge in [0.05, 0.1) is 22.6 Å². The number of carbonyl (C=O) groups excluding carboxylic acids is 1. The van der Waals surface area contributed by atoms with E-state index in [-0.39, 0.29) is 23.8 Å². The van der Waals surface area contributed by atoms with Crippen molar-refractivity contribution in [3.05, 3.63) is 70.0 Å². The molecule has 4 aromatic rings. The first-order valence-corrected chi connectivity index (χ1v) is 11.1. The Bertz CT molecular complexity index is 1360. The van der Waals surface area contributed by atoms with Crippen molar-refractivity contribution in [2.24, 2.45) is 0 Å². The molecule has 0 atom stereocenters. The van der Waals surface area contributed by atoms with Gasteiger partial charge >= 0.3 is 0 Å². The van der Waals surface area contributed by atoms with E-state index in [0.29, 0.717) is 47.1 Å². The fourth-order valence-corrected chi connectivity index (χ4v) is 5.38. The van der Waals surface area contributed by atoms with Gasteiger partial charge < -0.3 is 9.80 Å². The summed E-state index contributed by atoms with van der Waals surface area (Å²) >= 11 is 7.62. The van der Waals surface area contributed by atoms with Crippen molar-refractivity contribution < 1.29 is 9.18 Å². The molecule has 2 aromatic heterocycles. The number of fused-ring (bicyclic) bond motifs is 3. The minimum atomic E-state index is -0.267. The fraction of sp³-hybridized carbons (Fsp3) is 0.227. The first-order chi connectivity index (χ1) is 15.0. The second-order valence-electron chi connectivity index (χ2n) is 7.39. The number of anilines is 1. The number of aromatic nitrogens is 2. The number of para-hydroxylation sites is 1. The minimum absolute atomic E-state index is 0.0799. The Morgan fingerprint density at radius 1 is 1.10 bits per heavy atom. The molecular weight excluding hydrogens is 439 g/mol. The summed E-state index contributed by atoms with van der Waals surface area (Å²) < 4.78 is 16.7. The maximum absolute atomic E-state index is 14.0. The van der Waals surface area contributed by atoms with E-state index in [1.54, 1.807) is 29.2 Å². The van der Waals surface area contributed by atoms with Gasteiger partial charge in [0.2, 0.25) is 5.91 Å². The van der Waals surface area contributed by atoms with Crippen LogP contribution in [0.15, 0.2) is 53.6 Å². The van der Waals surface area contributed by atoms with E-state index in [1.165, 1.54) is 28.3 Å². The van der Waals surface area contributed by atoms with E-state index in [4.69, 9.17) is 11.6 Å². The smallest absolute Gasteiger partial charge is 0.271 e. The highest BCUT2D eigenvalue weighted by Gasteiger charge is 2.23. The van der Waals surface area contributed by atoms with E-state index >= 15 is 0 Å². The van der Waals surface area contributed by atoms with E-state index in [1.807, 2.05) is 17.0 Å². The number of thiophene rings is 1. The van der Waals surface area contributed by atoms with Crippen LogP contribution in [0.5, 0.6) is 0 Å². The summed E-state index contributed by atoms with van der Waals surface area (Å²) in [5.41, 5.74) is 0.863. The molecule has 158 valence electrons. The van der Waals surface area contributed by atoms with Gasteiger partial charge in [0.15, 0.2) is 0 Å². The number of hydrogen-bond donors (Lipinski definition) is 0. The molecule has 1 saturated heterocycles. The summed E-state index contributed by atoms with van der Waals surface area (Å²) in [6, 6.07) is 12.1. The summed E-state index contributed by atoms with van der Waals surface area (Å²) in [5.74, 6) is -0.424. The molecule has 1 amide bonds. The molecule has 0 saturated carbocycles. The van der Waals surface area contributed by atoms with E-state index in [0.717, 1.165) is 10.1 Å². The Morgan fingerprint density at radius 2 is 1.87 bits per heavy atom. The van der Waals surface area contributed by atoms with Crippen LogP contribution in [0.4, 0.5) is 10.1 Å². The van der Waals surface area contributed by atoms with Crippen LogP contribution >= 0.6 is 22.9 Å². The van der Waals surface area contributed by atoms with Gasteiger partial charge in [-0.2, -0.15) is 0 Å². The molecule has 0 radical (unpaired) electrons. The molecule has 6 nitrogen and oxygen atoms in total. The molecule has 9 heteroatoms. The van der Waals surface area contributed by atoms with Crippen LogP contribution in [0.1, 0.15) is 0 Å². The van der Waals surface area contributed by atoms with E-state index < -0.39 is 0 Å². The first kappa shape index (κ1) is 20.0. The molecule has 0 spiro atoms. The molecule has 1 fully saturated rings. The standard InChI is InChI=1S/C22H18ClFN4O2S/c23-14-4-3-7-17-19(14)20-21(31-17)22(30)28(13-25-20)12-18(29)27-10-8-26(9-11-27)16-6-2-1-5-15(16)24/h1-7,13H,8-12H2. The highest BCUT2D eigenvalue weighted by Crippen LogP contribution is 2.35. The van der Waals surface area contributed by atoms with Crippen molar-refractivity contribution >= 4 is 54.8 Å². The van der Waals surface area contributed by atoms with Crippen molar-refractivity contribution in [2.75, 3.05) is 31.1 Å². The molecule has 0 unspecified atom stereocenters. The molecule has 0 bridgehead atoms. The van der Waals surface area contributed by atoms with Crippen molar-refractivity contribution in [1.29, 1.82) is 0 Å². The number of piperazine rings is 1. The molecule has 31 heavy (non-hydrogen) atoms. The molecule has 1 aliphatic rings. The van der Waals surface area contributed by atoms with Gasteiger partial charge in [0.1, 0.15) is 17.1 Å². The summed E-state index contributed by atoms with van der Waals surface area (Å²) in [4.78, 5) is 33.8. The number of benzene rings is 2. The van der Waals surface area contributed by atoms with Crippen molar-refractivity contribution in [3.63, 3.8) is 0 Å². The van der Waals surface area contributed by atoms with Gasteiger partial charge in [-0.25, -0.2) is 9.37 Å². The number of nitrogens with zero attached hydrogens (tertiary/aromatic N) is 4. The van der Waals surface area contributed by atoms with Crippen LogP contribution in [0.25, 0.3) is 20.3 Å². The zero-order chi connectivity index (χ0) is 21.5. The van der Waals surface area contributed by atoms with Crippen LogP contribution in [-0.2, 0) is 11.3 Å². The third-order valence-corrected chi connectivity index (χ3v) is 7.00. The van der Waals surface area contributed by atoms with Crippen LogP contribution in [0, 0.1) is 5.82 Å². The second-order valence-corrected chi connectivity index (χ2v) is 8.85. The van der Waals surface area contributed by atoms with Crippen LogP contribution in [-0.4, -0.2) is 46.5 Å². The number of amides is 1. The van der Waals surface area contributed by atoms with E-state index in [2.05, 4.69) is 4.98 Å². The van der Waals surface area contributed by atoms with Gasteiger partial charge in [-0.3, -0.25) is 14.2 Å². The summed E-state index contributed by atoms with van der Waals surface area (Å²) in [7, 11) is 0. The number of rotatable bonds is 3. The second kappa shape index (κ2) is 7.94. The lowest BCUT2D eigenvalue weighted by Gasteiger charge is -2.36. The zero-order valence-corrected chi connectivity index (χ0v) is 18.0. The maximum Gasteiger partial charge on any atom is 0.271 e. The lowest BCUT2D eigenvalue weighted by Crippen LogP contribution is -2.50. The third-order valence-electron chi connectivity index (χ3n) is 5.55. The van der Waals surface area contributed by atoms with Gasteiger partial charge in [-0.1, -0.05) is 29.8 Å². The van der Waals surface area contributed by atoms with Gasteiger partial charge in [-0.15, -0.1) is 11.3 Å². The highest BCUT2D eigenvalue weighted by molar-refractivity contribution is 7.25. The van der Waals surface area contributed by atoms with Gasteiger partial charge in [0.25, 0.3) is 5.56 Å². The number of hydrogen-bond acceptors (Lipinski definition) is 5. The number of carbonyl (C=O) groups is 1. The minimum Gasteiger partial charge on any atom is -0.366 e. The third kappa shape index (κ3) is 3.55. The average molecular weight is 457 g/mol. The van der Waals surface area contributed by atoms with Crippen LogP contribution in [0.2, 0.25) is 5.02 Å². The summed E-state index contributed by atoms with van der Waals surface area (Å²) in [6.07, 6.45) is 1.41. The van der Waals surface area contributed by atoms with Crippen LogP contribution in [0.3, 0.4) is 0 Å². The first-order valence-electron chi connectivity index (χ1n) is 9.86. The monoisotopic (exact) mass is 456 g/mol. The quantitative estimate of drug-likeness (QED) is 0.471. The molecule has 2 aromatic carbocycles. The predicted octanol–water partition coefficient (Wildman–Crippen LogP) is 3.75.